The van der Waals surface area contributed by atoms with E-state index in [0.29, 0.717) is 16.0 Å². The molecule has 2 aromatic heterocycles. The fraction of sp³-hybridized carbons (Fsp3) is 0.136. The third-order valence-electron chi connectivity index (χ3n) is 4.49. The van der Waals surface area contributed by atoms with Gasteiger partial charge >= 0.3 is 0 Å². The van der Waals surface area contributed by atoms with E-state index in [4.69, 9.17) is 11.6 Å². The van der Waals surface area contributed by atoms with E-state index in [0.717, 1.165) is 22.6 Å². The molecule has 0 bridgehead atoms. The Hall–Kier alpha value is -3.03. The molecule has 6 nitrogen and oxygen atoms in total. The highest BCUT2D eigenvalue weighted by molar-refractivity contribution is 7.99. The Morgan fingerprint density at radius 2 is 1.87 bits per heavy atom. The number of halogens is 1. The van der Waals surface area contributed by atoms with Gasteiger partial charge in [-0.3, -0.25) is 14.0 Å². The van der Waals surface area contributed by atoms with Crippen molar-refractivity contribution in [3.05, 3.63) is 77.6 Å². The number of aryl methyl sites for hydroxylation is 2. The van der Waals surface area contributed by atoms with E-state index in [1.165, 1.54) is 11.8 Å². The molecule has 0 unspecified atom stereocenters. The third-order valence-corrected chi connectivity index (χ3v) is 5.77. The molecule has 4 rings (SSSR count). The van der Waals surface area contributed by atoms with Gasteiger partial charge in [-0.05, 0) is 19.1 Å². The van der Waals surface area contributed by atoms with E-state index in [1.54, 1.807) is 11.7 Å². The molecule has 0 spiro atoms. The van der Waals surface area contributed by atoms with Crippen molar-refractivity contribution >= 4 is 35.1 Å². The van der Waals surface area contributed by atoms with Crippen LogP contribution in [0.5, 0.6) is 0 Å². The van der Waals surface area contributed by atoms with Gasteiger partial charge in [0, 0.05) is 18.7 Å². The normalized spacial score (nSPS) is 10.9. The fourth-order valence-corrected chi connectivity index (χ4v) is 4.16. The molecule has 4 aromatic rings. The predicted molar refractivity (Wildman–Crippen MR) is 121 cm³/mol. The molecule has 0 atom stereocenters. The zero-order chi connectivity index (χ0) is 21.1. The summed E-state index contributed by atoms with van der Waals surface area (Å²) in [6, 6.07) is 19.4. The van der Waals surface area contributed by atoms with Gasteiger partial charge in [-0.15, -0.1) is 0 Å². The first-order valence-corrected chi connectivity index (χ1v) is 10.7. The number of imidazole rings is 1. The van der Waals surface area contributed by atoms with Gasteiger partial charge in [0.15, 0.2) is 5.16 Å². The van der Waals surface area contributed by atoms with Crippen LogP contribution in [0.4, 0.5) is 5.82 Å². The molecule has 0 aliphatic heterocycles. The van der Waals surface area contributed by atoms with Gasteiger partial charge < -0.3 is 5.32 Å². The number of hydrogen-bond acceptors (Lipinski definition) is 4. The topological polar surface area (TPSA) is 64.7 Å². The second kappa shape index (κ2) is 8.77. The van der Waals surface area contributed by atoms with Crippen molar-refractivity contribution in [2.75, 3.05) is 11.1 Å². The second-order valence-electron chi connectivity index (χ2n) is 6.71. The van der Waals surface area contributed by atoms with Gasteiger partial charge in [0.2, 0.25) is 5.91 Å². The molecule has 2 aromatic carbocycles. The second-order valence-corrected chi connectivity index (χ2v) is 8.06. The summed E-state index contributed by atoms with van der Waals surface area (Å²) in [5.74, 6) is 0.746. The zero-order valence-corrected chi connectivity index (χ0v) is 18.1. The number of para-hydroxylation sites is 1. The summed E-state index contributed by atoms with van der Waals surface area (Å²) in [5.41, 5.74) is 3.60. The van der Waals surface area contributed by atoms with E-state index < -0.39 is 0 Å². The maximum absolute atomic E-state index is 12.5. The zero-order valence-electron chi connectivity index (χ0n) is 16.5. The maximum Gasteiger partial charge on any atom is 0.235 e. The summed E-state index contributed by atoms with van der Waals surface area (Å²) in [6.07, 6.45) is 1.81. The number of nitrogens with zero attached hydrogens (tertiary/aromatic N) is 4. The van der Waals surface area contributed by atoms with Crippen molar-refractivity contribution < 1.29 is 4.79 Å². The number of carbonyl (C=O) groups is 1. The molecule has 0 saturated heterocycles. The largest absolute Gasteiger partial charge is 0.310 e. The Bertz CT molecular complexity index is 1190. The van der Waals surface area contributed by atoms with Crippen LogP contribution in [-0.4, -0.2) is 31.0 Å². The van der Waals surface area contributed by atoms with E-state index in [9.17, 15) is 4.79 Å². The standard InChI is InChI=1S/C22H20ClN5OS/c1-15-12-20(27(2)26-15)25-21(29)14-30-22-24-13-19(16-8-4-3-5-9-16)28(22)18-11-7-6-10-17(18)23/h3-13H,14H2,1-2H3,(H,25,29). The molecular weight excluding hydrogens is 418 g/mol. The van der Waals surface area contributed by atoms with Crippen LogP contribution in [0.2, 0.25) is 5.02 Å². The summed E-state index contributed by atoms with van der Waals surface area (Å²) < 4.78 is 3.64. The molecule has 0 radical (unpaired) electrons. The van der Waals surface area contributed by atoms with Crippen molar-refractivity contribution in [2.45, 2.75) is 12.1 Å². The highest BCUT2D eigenvalue weighted by Gasteiger charge is 2.17. The van der Waals surface area contributed by atoms with Crippen molar-refractivity contribution in [3.63, 3.8) is 0 Å². The minimum Gasteiger partial charge on any atom is -0.310 e. The first kappa shape index (κ1) is 20.3. The SMILES string of the molecule is Cc1cc(NC(=O)CSc2ncc(-c3ccccc3)n2-c2ccccc2Cl)n(C)n1. The number of rotatable bonds is 6. The molecule has 0 fully saturated rings. The molecule has 0 aliphatic rings. The minimum absolute atomic E-state index is 0.127. The van der Waals surface area contributed by atoms with E-state index >= 15 is 0 Å². The van der Waals surface area contributed by atoms with Crippen LogP contribution >= 0.6 is 23.4 Å². The summed E-state index contributed by atoms with van der Waals surface area (Å²) >= 11 is 7.85. The summed E-state index contributed by atoms with van der Waals surface area (Å²) in [5, 5.41) is 8.44. The molecular formula is C22H20ClN5OS. The molecule has 2 heterocycles. The molecule has 30 heavy (non-hydrogen) atoms. The van der Waals surface area contributed by atoms with Crippen molar-refractivity contribution in [1.82, 2.24) is 19.3 Å². The number of hydrogen-bond donors (Lipinski definition) is 1. The lowest BCUT2D eigenvalue weighted by Crippen LogP contribution is -2.16. The van der Waals surface area contributed by atoms with Crippen LogP contribution in [0, 0.1) is 6.92 Å². The lowest BCUT2D eigenvalue weighted by atomic mass is 10.1. The lowest BCUT2D eigenvalue weighted by molar-refractivity contribution is -0.113. The van der Waals surface area contributed by atoms with Crippen LogP contribution in [0.1, 0.15) is 5.69 Å². The Labute approximate surface area is 183 Å². The number of amides is 1. The lowest BCUT2D eigenvalue weighted by Gasteiger charge is -2.13. The Balaban J connectivity index is 1.62. The number of benzene rings is 2. The predicted octanol–water partition coefficient (Wildman–Crippen LogP) is 4.97. The Morgan fingerprint density at radius 3 is 2.57 bits per heavy atom. The smallest absolute Gasteiger partial charge is 0.235 e. The van der Waals surface area contributed by atoms with Crippen molar-refractivity contribution in [3.8, 4) is 16.9 Å². The van der Waals surface area contributed by atoms with Crippen molar-refractivity contribution in [2.24, 2.45) is 7.05 Å². The van der Waals surface area contributed by atoms with Gasteiger partial charge in [-0.25, -0.2) is 4.98 Å². The Morgan fingerprint density at radius 1 is 1.13 bits per heavy atom. The van der Waals surface area contributed by atoms with E-state index in [1.807, 2.05) is 78.4 Å². The van der Waals surface area contributed by atoms with E-state index in [-0.39, 0.29) is 11.7 Å². The summed E-state index contributed by atoms with van der Waals surface area (Å²) in [7, 11) is 1.80. The summed E-state index contributed by atoms with van der Waals surface area (Å²) in [6.45, 7) is 1.88. The van der Waals surface area contributed by atoms with E-state index in [2.05, 4.69) is 15.4 Å². The average molecular weight is 438 g/mol. The number of nitrogens with one attached hydrogen (secondary N) is 1. The highest BCUT2D eigenvalue weighted by Crippen LogP contribution is 2.32. The van der Waals surface area contributed by atoms with Gasteiger partial charge in [-0.2, -0.15) is 5.10 Å². The fourth-order valence-electron chi connectivity index (χ4n) is 3.15. The molecule has 1 N–H and O–H groups in total. The van der Waals surface area contributed by atoms with Crippen molar-refractivity contribution in [1.29, 1.82) is 0 Å². The number of aromatic nitrogens is 4. The van der Waals surface area contributed by atoms with Crippen LogP contribution < -0.4 is 5.32 Å². The minimum atomic E-state index is -0.127. The first-order chi connectivity index (χ1) is 14.5. The third kappa shape index (κ3) is 4.27. The number of anilines is 1. The number of thioether (sulfide) groups is 1. The van der Waals surface area contributed by atoms with Crippen LogP contribution in [0.25, 0.3) is 16.9 Å². The van der Waals surface area contributed by atoms with Gasteiger partial charge in [-0.1, -0.05) is 65.8 Å². The average Bonchev–Trinajstić information content (AvgIpc) is 3.30. The quantitative estimate of drug-likeness (QED) is 0.433. The molecule has 1 amide bonds. The monoisotopic (exact) mass is 437 g/mol. The molecule has 152 valence electrons. The first-order valence-electron chi connectivity index (χ1n) is 9.34. The molecule has 0 aliphatic carbocycles. The van der Waals surface area contributed by atoms with Gasteiger partial charge in [0.25, 0.3) is 0 Å². The van der Waals surface area contributed by atoms with Crippen LogP contribution in [-0.2, 0) is 11.8 Å². The summed E-state index contributed by atoms with van der Waals surface area (Å²) in [4.78, 5) is 17.1. The number of carbonyl (C=O) groups excluding carboxylic acids is 1. The van der Waals surface area contributed by atoms with Gasteiger partial charge in [0.05, 0.1) is 34.0 Å². The highest BCUT2D eigenvalue weighted by atomic mass is 35.5. The van der Waals surface area contributed by atoms with Crippen LogP contribution in [0.3, 0.4) is 0 Å². The molecule has 0 saturated carbocycles. The van der Waals surface area contributed by atoms with Gasteiger partial charge in [0.1, 0.15) is 5.82 Å². The van der Waals surface area contributed by atoms with Crippen LogP contribution in [0.15, 0.2) is 72.0 Å². The maximum atomic E-state index is 12.5. The molecule has 8 heteroatoms. The Kier molecular flexibility index (Phi) is 5.92.